The van der Waals surface area contributed by atoms with Gasteiger partial charge in [0.25, 0.3) is 0 Å². The van der Waals surface area contributed by atoms with E-state index in [2.05, 4.69) is 0 Å². The lowest BCUT2D eigenvalue weighted by atomic mass is 9.73. The molecule has 2 N–H and O–H groups in total. The number of hydrogen-bond acceptors (Lipinski definition) is 7. The first-order chi connectivity index (χ1) is 12.0. The van der Waals surface area contributed by atoms with Crippen LogP contribution in [0.2, 0.25) is 0 Å². The molecule has 0 spiro atoms. The van der Waals surface area contributed by atoms with E-state index in [1.807, 2.05) is 13.8 Å². The van der Waals surface area contributed by atoms with Crippen molar-refractivity contribution in [1.29, 1.82) is 0 Å². The topological polar surface area (TPSA) is 86.6 Å². The Hall–Kier alpha value is -0.280. The molecule has 4 rings (SSSR count). The van der Waals surface area contributed by atoms with Gasteiger partial charge in [-0.3, -0.25) is 0 Å². The zero-order chi connectivity index (χ0) is 18.8. The van der Waals surface area contributed by atoms with E-state index < -0.39 is 47.4 Å². The fourth-order valence-electron chi connectivity index (χ4n) is 4.98. The molecule has 150 valence electrons. The van der Waals surface area contributed by atoms with Crippen molar-refractivity contribution in [3.8, 4) is 0 Å². The Labute approximate surface area is 154 Å². The van der Waals surface area contributed by atoms with Gasteiger partial charge in [-0.2, -0.15) is 0 Å². The molecule has 1 aliphatic carbocycles. The number of hydrogen-bond donors (Lipinski definition) is 2. The van der Waals surface area contributed by atoms with Crippen molar-refractivity contribution in [2.75, 3.05) is 6.61 Å². The summed E-state index contributed by atoms with van der Waals surface area (Å²) >= 11 is 0. The van der Waals surface area contributed by atoms with Crippen molar-refractivity contribution in [1.82, 2.24) is 0 Å². The normalized spacial score (nSPS) is 46.4. The number of ether oxygens (including phenoxy) is 5. The molecule has 0 aromatic carbocycles. The van der Waals surface area contributed by atoms with Crippen LogP contribution in [0.4, 0.5) is 0 Å². The average molecular weight is 372 g/mol. The fraction of sp³-hybridized carbons (Fsp3) is 1.00. The van der Waals surface area contributed by atoms with Crippen molar-refractivity contribution in [3.63, 3.8) is 0 Å². The number of fused-ring (bicyclic) bond motifs is 1. The van der Waals surface area contributed by atoms with Gasteiger partial charge in [-0.05, 0) is 40.5 Å². The summed E-state index contributed by atoms with van der Waals surface area (Å²) in [5.41, 5.74) is -2.33. The minimum atomic E-state index is -1.40. The molecule has 4 fully saturated rings. The van der Waals surface area contributed by atoms with Crippen LogP contribution in [0.25, 0.3) is 0 Å². The first-order valence-electron chi connectivity index (χ1n) is 9.80. The maximum atomic E-state index is 11.8. The van der Waals surface area contributed by atoms with E-state index in [9.17, 15) is 10.2 Å². The second kappa shape index (κ2) is 6.11. The smallest absolute Gasteiger partial charge is 0.190 e. The van der Waals surface area contributed by atoms with Gasteiger partial charge in [0.15, 0.2) is 17.9 Å². The summed E-state index contributed by atoms with van der Waals surface area (Å²) < 4.78 is 29.6. The lowest BCUT2D eigenvalue weighted by Crippen LogP contribution is -2.58. The van der Waals surface area contributed by atoms with Crippen molar-refractivity contribution >= 4 is 0 Å². The molecular weight excluding hydrogens is 340 g/mol. The summed E-state index contributed by atoms with van der Waals surface area (Å²) in [6.07, 6.45) is 2.12. The molecule has 0 aromatic heterocycles. The Morgan fingerprint density at radius 1 is 0.846 bits per heavy atom. The minimum absolute atomic E-state index is 0.186. The highest BCUT2D eigenvalue weighted by molar-refractivity contribution is 5.11. The molecule has 0 radical (unpaired) electrons. The molecule has 3 aliphatic heterocycles. The largest absolute Gasteiger partial charge is 0.390 e. The summed E-state index contributed by atoms with van der Waals surface area (Å²) in [5.74, 6) is -1.56. The molecule has 0 aromatic rings. The molecule has 7 nitrogen and oxygen atoms in total. The van der Waals surface area contributed by atoms with E-state index in [1.165, 1.54) is 0 Å². The Balaban J connectivity index is 1.61. The summed E-state index contributed by atoms with van der Waals surface area (Å²) in [5, 5.41) is 22.9. The molecule has 7 heteroatoms. The molecule has 3 saturated heterocycles. The quantitative estimate of drug-likeness (QED) is 0.781. The van der Waals surface area contributed by atoms with Crippen LogP contribution in [0.1, 0.15) is 66.2 Å². The van der Waals surface area contributed by atoms with Crippen LogP contribution in [0.3, 0.4) is 0 Å². The van der Waals surface area contributed by atoms with Gasteiger partial charge in [-0.1, -0.05) is 19.3 Å². The summed E-state index contributed by atoms with van der Waals surface area (Å²) in [6, 6.07) is 0. The highest BCUT2D eigenvalue weighted by atomic mass is 16.8. The van der Waals surface area contributed by atoms with Gasteiger partial charge in [-0.15, -0.1) is 0 Å². The second-order valence-electron chi connectivity index (χ2n) is 9.30. The summed E-state index contributed by atoms with van der Waals surface area (Å²) in [6.45, 7) is 7.61. The van der Waals surface area contributed by atoms with E-state index in [-0.39, 0.29) is 6.42 Å². The number of rotatable bonds is 3. The Bertz CT molecular complexity index is 542. The molecule has 0 unspecified atom stereocenters. The van der Waals surface area contributed by atoms with Gasteiger partial charge in [0.2, 0.25) is 0 Å². The molecular formula is C19H32O7. The molecule has 26 heavy (non-hydrogen) atoms. The Kier molecular flexibility index (Phi) is 4.48. The van der Waals surface area contributed by atoms with Crippen molar-refractivity contribution in [3.05, 3.63) is 0 Å². The van der Waals surface area contributed by atoms with Crippen molar-refractivity contribution in [2.24, 2.45) is 0 Å². The Morgan fingerprint density at radius 2 is 1.54 bits per heavy atom. The lowest BCUT2D eigenvalue weighted by Gasteiger charge is -2.42. The predicted octanol–water partition coefficient (Wildman–Crippen LogP) is 1.83. The zero-order valence-corrected chi connectivity index (χ0v) is 16.2. The van der Waals surface area contributed by atoms with E-state index in [0.29, 0.717) is 19.4 Å². The third-order valence-electron chi connectivity index (χ3n) is 6.09. The molecule has 4 aliphatic rings. The van der Waals surface area contributed by atoms with Crippen LogP contribution >= 0.6 is 0 Å². The third kappa shape index (κ3) is 3.32. The van der Waals surface area contributed by atoms with E-state index in [4.69, 9.17) is 23.7 Å². The van der Waals surface area contributed by atoms with Crippen LogP contribution in [-0.2, 0) is 23.7 Å². The maximum Gasteiger partial charge on any atom is 0.190 e. The SMILES string of the molecule is CC1(C)OC[C@H]([C@H]2O[C@@H]3OC(C)(C)O[C@@H]3[C@@]2(O)CC2(O)CCCCC2)O1. The average Bonchev–Trinajstić information content (AvgIpc) is 3.10. The predicted molar refractivity (Wildman–Crippen MR) is 91.2 cm³/mol. The first kappa shape index (κ1) is 19.1. The summed E-state index contributed by atoms with van der Waals surface area (Å²) in [4.78, 5) is 0. The number of aliphatic hydroxyl groups is 2. The standard InChI is InChI=1S/C19H32O7/c1-16(2)22-10-12(24-16)13-19(21,11-18(20)8-6-5-7-9-18)14-15(23-13)26-17(3,4)25-14/h12-15,20-21H,5-11H2,1-4H3/t12-,13-,14+,15-,19-/m1/s1. The van der Waals surface area contributed by atoms with Gasteiger partial charge in [0.05, 0.1) is 12.2 Å². The van der Waals surface area contributed by atoms with Gasteiger partial charge >= 0.3 is 0 Å². The lowest BCUT2D eigenvalue weighted by molar-refractivity contribution is -0.255. The van der Waals surface area contributed by atoms with Crippen LogP contribution in [-0.4, -0.2) is 64.2 Å². The monoisotopic (exact) mass is 372 g/mol. The van der Waals surface area contributed by atoms with Crippen molar-refractivity contribution < 1.29 is 33.9 Å². The molecule has 0 bridgehead atoms. The minimum Gasteiger partial charge on any atom is -0.390 e. The Morgan fingerprint density at radius 3 is 2.15 bits per heavy atom. The molecule has 5 atom stereocenters. The van der Waals surface area contributed by atoms with Crippen LogP contribution in [0, 0.1) is 0 Å². The third-order valence-corrected chi connectivity index (χ3v) is 6.09. The zero-order valence-electron chi connectivity index (χ0n) is 16.2. The molecule has 1 saturated carbocycles. The van der Waals surface area contributed by atoms with Gasteiger partial charge < -0.3 is 33.9 Å². The van der Waals surface area contributed by atoms with E-state index >= 15 is 0 Å². The highest BCUT2D eigenvalue weighted by Crippen LogP contribution is 2.50. The van der Waals surface area contributed by atoms with Gasteiger partial charge in [-0.25, -0.2) is 0 Å². The van der Waals surface area contributed by atoms with Crippen LogP contribution < -0.4 is 0 Å². The van der Waals surface area contributed by atoms with Crippen molar-refractivity contribution in [2.45, 2.75) is 114 Å². The summed E-state index contributed by atoms with van der Waals surface area (Å²) in [7, 11) is 0. The maximum absolute atomic E-state index is 11.8. The second-order valence-corrected chi connectivity index (χ2v) is 9.30. The first-order valence-corrected chi connectivity index (χ1v) is 9.80. The fourth-order valence-corrected chi connectivity index (χ4v) is 4.98. The van der Waals surface area contributed by atoms with Crippen LogP contribution in [0.15, 0.2) is 0 Å². The van der Waals surface area contributed by atoms with Gasteiger partial charge in [0, 0.05) is 6.42 Å². The van der Waals surface area contributed by atoms with Crippen LogP contribution in [0.5, 0.6) is 0 Å². The van der Waals surface area contributed by atoms with Gasteiger partial charge in [0.1, 0.15) is 23.9 Å². The highest BCUT2D eigenvalue weighted by Gasteiger charge is 2.67. The van der Waals surface area contributed by atoms with E-state index in [1.54, 1.807) is 13.8 Å². The van der Waals surface area contributed by atoms with E-state index in [0.717, 1.165) is 19.3 Å². The molecule has 0 amide bonds. The molecule has 3 heterocycles.